The number of carbonyl (C=O) groups is 2. The van der Waals surface area contributed by atoms with Gasteiger partial charge in [-0.3, -0.25) is 4.79 Å². The number of nitrogens with one attached hydrogen (secondary N) is 4. The second-order valence-corrected chi connectivity index (χ2v) is 8.07. The van der Waals surface area contributed by atoms with Crippen LogP contribution in [0.5, 0.6) is 0 Å². The molecule has 3 fully saturated rings. The fraction of sp³-hybridized carbons (Fsp3) is 0.875. The van der Waals surface area contributed by atoms with E-state index in [0.717, 1.165) is 50.6 Å². The maximum absolute atomic E-state index is 11.8. The zero-order chi connectivity index (χ0) is 16.1. The summed E-state index contributed by atoms with van der Waals surface area (Å²) >= 11 is 1.94. The number of rotatable bonds is 10. The molecule has 3 atom stereocenters. The summed E-state index contributed by atoms with van der Waals surface area (Å²) in [6.07, 6.45) is 7.31. The highest BCUT2D eigenvalue weighted by atomic mass is 32.2. The number of hydrogen-bond acceptors (Lipinski definition) is 4. The van der Waals surface area contributed by atoms with Crippen molar-refractivity contribution in [3.63, 3.8) is 0 Å². The molecule has 3 rings (SSSR count). The van der Waals surface area contributed by atoms with E-state index in [2.05, 4.69) is 21.3 Å². The van der Waals surface area contributed by atoms with Crippen molar-refractivity contribution in [2.45, 2.75) is 68.3 Å². The van der Waals surface area contributed by atoms with E-state index in [4.69, 9.17) is 0 Å². The van der Waals surface area contributed by atoms with Gasteiger partial charge in [0.2, 0.25) is 5.91 Å². The summed E-state index contributed by atoms with van der Waals surface area (Å²) in [4.78, 5) is 23.1. The van der Waals surface area contributed by atoms with Crippen LogP contribution in [0, 0.1) is 0 Å². The van der Waals surface area contributed by atoms with Gasteiger partial charge in [-0.1, -0.05) is 6.42 Å². The molecule has 0 unspecified atom stereocenters. The summed E-state index contributed by atoms with van der Waals surface area (Å²) in [6.45, 7) is 1.78. The van der Waals surface area contributed by atoms with Crippen molar-refractivity contribution < 1.29 is 9.59 Å². The molecule has 0 bridgehead atoms. The van der Waals surface area contributed by atoms with Crippen LogP contribution >= 0.6 is 11.8 Å². The van der Waals surface area contributed by atoms with Gasteiger partial charge < -0.3 is 21.3 Å². The minimum Gasteiger partial charge on any atom is -0.356 e. The molecule has 0 spiro atoms. The van der Waals surface area contributed by atoms with Crippen LogP contribution in [0.4, 0.5) is 4.79 Å². The van der Waals surface area contributed by atoms with Gasteiger partial charge in [0.05, 0.1) is 12.1 Å². The summed E-state index contributed by atoms with van der Waals surface area (Å²) in [7, 11) is 0. The molecule has 7 heteroatoms. The second-order valence-electron chi connectivity index (χ2n) is 6.80. The number of fused-ring (bicyclic) bond motifs is 1. The Hall–Kier alpha value is -0.950. The van der Waals surface area contributed by atoms with E-state index < -0.39 is 0 Å². The molecule has 0 aromatic carbocycles. The van der Waals surface area contributed by atoms with Crippen LogP contribution in [-0.4, -0.2) is 54.2 Å². The van der Waals surface area contributed by atoms with Gasteiger partial charge in [0.15, 0.2) is 0 Å². The average Bonchev–Trinajstić information content (AvgIpc) is 3.17. The smallest absolute Gasteiger partial charge is 0.315 e. The van der Waals surface area contributed by atoms with Crippen LogP contribution < -0.4 is 21.3 Å². The van der Waals surface area contributed by atoms with Crippen molar-refractivity contribution in [1.82, 2.24) is 21.3 Å². The topological polar surface area (TPSA) is 82.3 Å². The number of thioether (sulfide) groups is 1. The first-order chi connectivity index (χ1) is 11.2. The second kappa shape index (κ2) is 8.24. The zero-order valence-electron chi connectivity index (χ0n) is 13.6. The lowest BCUT2D eigenvalue weighted by atomic mass is 10.0. The molecule has 0 aromatic heterocycles. The minimum absolute atomic E-state index is 0.0270. The van der Waals surface area contributed by atoms with Gasteiger partial charge in [-0.2, -0.15) is 11.8 Å². The molecule has 0 radical (unpaired) electrons. The van der Waals surface area contributed by atoms with Gasteiger partial charge in [-0.25, -0.2) is 4.79 Å². The lowest BCUT2D eigenvalue weighted by Crippen LogP contribution is -2.36. The third-order valence-corrected chi connectivity index (χ3v) is 6.28. The number of carbonyl (C=O) groups excluding carboxylic acids is 2. The summed E-state index contributed by atoms with van der Waals surface area (Å²) in [6, 6.07) is 1.30. The molecular weight excluding hydrogens is 312 g/mol. The third kappa shape index (κ3) is 5.28. The molecule has 2 saturated heterocycles. The quantitative estimate of drug-likeness (QED) is 0.353. The molecule has 2 aliphatic heterocycles. The zero-order valence-corrected chi connectivity index (χ0v) is 14.4. The predicted octanol–water partition coefficient (Wildman–Crippen LogP) is 0.971. The van der Waals surface area contributed by atoms with Gasteiger partial charge in [0.1, 0.15) is 0 Å². The van der Waals surface area contributed by atoms with Crippen molar-refractivity contribution in [3.05, 3.63) is 0 Å². The molecule has 1 saturated carbocycles. The van der Waals surface area contributed by atoms with Gasteiger partial charge in [0, 0.05) is 30.0 Å². The number of hydrogen-bond donors (Lipinski definition) is 4. The summed E-state index contributed by atoms with van der Waals surface area (Å²) in [5.41, 5.74) is 0. The summed E-state index contributed by atoms with van der Waals surface area (Å²) in [5.74, 6) is 1.17. The third-order valence-electron chi connectivity index (χ3n) is 4.77. The van der Waals surface area contributed by atoms with Gasteiger partial charge in [0.25, 0.3) is 0 Å². The Kier molecular flexibility index (Phi) is 6.05. The van der Waals surface area contributed by atoms with Crippen LogP contribution in [0.3, 0.4) is 0 Å². The Morgan fingerprint density at radius 3 is 2.87 bits per heavy atom. The van der Waals surface area contributed by atoms with E-state index in [1.165, 1.54) is 12.8 Å². The molecule has 4 N–H and O–H groups in total. The number of amides is 3. The van der Waals surface area contributed by atoms with E-state index in [1.54, 1.807) is 0 Å². The first-order valence-corrected chi connectivity index (χ1v) is 9.96. The lowest BCUT2D eigenvalue weighted by Gasteiger charge is -2.16. The minimum atomic E-state index is -0.0270. The van der Waals surface area contributed by atoms with Crippen molar-refractivity contribution in [1.29, 1.82) is 0 Å². The van der Waals surface area contributed by atoms with E-state index in [0.29, 0.717) is 17.7 Å². The standard InChI is InChI=1S/C16H28N4O2S/c21-14(18-9-3-8-17-11-6-7-11)5-2-1-4-13-15-12(10-23-13)19-16(22)20-15/h11-13,15,17H,1-10H2,(H,18,21)(H2,19,20,22)/t12-,13-,15-/m0/s1. The molecule has 3 aliphatic rings. The number of unbranched alkanes of at least 4 members (excludes halogenated alkanes) is 1. The van der Waals surface area contributed by atoms with Crippen molar-refractivity contribution in [2.24, 2.45) is 0 Å². The maximum Gasteiger partial charge on any atom is 0.315 e. The van der Waals surface area contributed by atoms with Gasteiger partial charge >= 0.3 is 6.03 Å². The Morgan fingerprint density at radius 1 is 1.17 bits per heavy atom. The molecular formula is C16H28N4O2S. The Bertz CT molecular complexity index is 430. The SMILES string of the molecule is O=C(CCCC[C@@H]1SC[C@@H]2NC(=O)N[C@@H]21)NCCCNC1CC1. The van der Waals surface area contributed by atoms with Crippen LogP contribution in [0.15, 0.2) is 0 Å². The van der Waals surface area contributed by atoms with Gasteiger partial charge in [-0.05, 0) is 38.6 Å². The predicted molar refractivity (Wildman–Crippen MR) is 92.6 cm³/mol. The van der Waals surface area contributed by atoms with Crippen LogP contribution in [0.25, 0.3) is 0 Å². The number of urea groups is 1. The molecule has 1 aliphatic carbocycles. The fourth-order valence-corrected chi connectivity index (χ4v) is 4.82. The first-order valence-electron chi connectivity index (χ1n) is 8.91. The van der Waals surface area contributed by atoms with Gasteiger partial charge in [-0.15, -0.1) is 0 Å². The van der Waals surface area contributed by atoms with Crippen LogP contribution in [0.2, 0.25) is 0 Å². The molecule has 23 heavy (non-hydrogen) atoms. The van der Waals surface area contributed by atoms with Crippen molar-refractivity contribution in [2.75, 3.05) is 18.8 Å². The highest BCUT2D eigenvalue weighted by molar-refractivity contribution is 8.00. The Balaban J connectivity index is 1.18. The van der Waals surface area contributed by atoms with E-state index in [9.17, 15) is 9.59 Å². The largest absolute Gasteiger partial charge is 0.356 e. The molecule has 3 amide bonds. The molecule has 2 heterocycles. The molecule has 130 valence electrons. The normalized spacial score (nSPS) is 29.0. The van der Waals surface area contributed by atoms with Crippen molar-refractivity contribution in [3.8, 4) is 0 Å². The van der Waals surface area contributed by atoms with Crippen LogP contribution in [0.1, 0.15) is 44.9 Å². The van der Waals surface area contributed by atoms with Crippen LogP contribution in [-0.2, 0) is 4.79 Å². The Morgan fingerprint density at radius 2 is 2.04 bits per heavy atom. The fourth-order valence-electron chi connectivity index (χ4n) is 3.27. The lowest BCUT2D eigenvalue weighted by molar-refractivity contribution is -0.121. The Labute approximate surface area is 142 Å². The molecule has 0 aromatic rings. The average molecular weight is 340 g/mol. The van der Waals surface area contributed by atoms with E-state index in [-0.39, 0.29) is 18.0 Å². The van der Waals surface area contributed by atoms with Crippen molar-refractivity contribution >= 4 is 23.7 Å². The maximum atomic E-state index is 11.8. The first kappa shape index (κ1) is 16.9. The monoisotopic (exact) mass is 340 g/mol. The highest BCUT2D eigenvalue weighted by Crippen LogP contribution is 2.33. The summed E-state index contributed by atoms with van der Waals surface area (Å²) < 4.78 is 0. The van der Waals surface area contributed by atoms with E-state index in [1.807, 2.05) is 11.8 Å². The molecule has 6 nitrogen and oxygen atoms in total. The summed E-state index contributed by atoms with van der Waals surface area (Å²) in [5, 5.41) is 12.9. The van der Waals surface area contributed by atoms with E-state index >= 15 is 0 Å². The highest BCUT2D eigenvalue weighted by Gasteiger charge is 2.42.